The van der Waals surface area contributed by atoms with E-state index in [1.54, 1.807) is 36.4 Å². The lowest BCUT2D eigenvalue weighted by Crippen LogP contribution is -2.25. The number of amides is 1. The van der Waals surface area contributed by atoms with Gasteiger partial charge in [0.1, 0.15) is 5.75 Å². The standard InChI is InChI=1S/C17H18N2O4S/c1-3-12-18-17(20)15-6-4-5-7-16(15)19-24(21,22)14-10-8-13(23-2)9-11-14/h3-11,19H,1,12H2,2H3,(H,18,20). The van der Waals surface area contributed by atoms with Gasteiger partial charge in [-0.15, -0.1) is 6.58 Å². The summed E-state index contributed by atoms with van der Waals surface area (Å²) in [4.78, 5) is 12.2. The molecule has 6 nitrogen and oxygen atoms in total. The van der Waals surface area contributed by atoms with E-state index in [0.717, 1.165) is 0 Å². The number of rotatable bonds is 7. The highest BCUT2D eigenvalue weighted by atomic mass is 32.2. The zero-order valence-electron chi connectivity index (χ0n) is 13.2. The van der Waals surface area contributed by atoms with Crippen molar-refractivity contribution in [3.8, 4) is 5.75 Å². The van der Waals surface area contributed by atoms with E-state index >= 15 is 0 Å². The Balaban J connectivity index is 2.29. The van der Waals surface area contributed by atoms with Gasteiger partial charge in [-0.3, -0.25) is 9.52 Å². The molecule has 0 saturated heterocycles. The van der Waals surface area contributed by atoms with Crippen LogP contribution in [0.25, 0.3) is 0 Å². The van der Waals surface area contributed by atoms with E-state index in [1.807, 2.05) is 0 Å². The Kier molecular flexibility index (Phi) is 5.59. The van der Waals surface area contributed by atoms with Gasteiger partial charge in [-0.25, -0.2) is 8.42 Å². The zero-order chi connectivity index (χ0) is 17.6. The number of hydrogen-bond donors (Lipinski definition) is 2. The summed E-state index contributed by atoms with van der Waals surface area (Å²) in [7, 11) is -2.32. The molecular weight excluding hydrogens is 328 g/mol. The second-order valence-electron chi connectivity index (χ2n) is 4.83. The molecule has 0 aliphatic rings. The van der Waals surface area contributed by atoms with Crippen molar-refractivity contribution in [2.75, 3.05) is 18.4 Å². The van der Waals surface area contributed by atoms with E-state index in [1.165, 1.54) is 25.3 Å². The van der Waals surface area contributed by atoms with Crippen molar-refractivity contribution >= 4 is 21.6 Å². The Hall–Kier alpha value is -2.80. The van der Waals surface area contributed by atoms with Crippen LogP contribution in [0.15, 0.2) is 66.1 Å². The van der Waals surface area contributed by atoms with Crippen LogP contribution in [0.1, 0.15) is 10.4 Å². The van der Waals surface area contributed by atoms with Crippen LogP contribution in [0.3, 0.4) is 0 Å². The Morgan fingerprint density at radius 3 is 2.46 bits per heavy atom. The fourth-order valence-corrected chi connectivity index (χ4v) is 3.07. The maximum absolute atomic E-state index is 12.5. The second kappa shape index (κ2) is 7.65. The molecule has 0 heterocycles. The molecular formula is C17H18N2O4S. The van der Waals surface area contributed by atoms with Crippen molar-refractivity contribution in [1.29, 1.82) is 0 Å². The minimum atomic E-state index is -3.82. The number of anilines is 1. The van der Waals surface area contributed by atoms with E-state index in [-0.39, 0.29) is 22.1 Å². The van der Waals surface area contributed by atoms with Gasteiger partial charge in [0.2, 0.25) is 0 Å². The summed E-state index contributed by atoms with van der Waals surface area (Å²) >= 11 is 0. The van der Waals surface area contributed by atoms with Crippen LogP contribution < -0.4 is 14.8 Å². The first-order valence-electron chi connectivity index (χ1n) is 7.13. The van der Waals surface area contributed by atoms with Gasteiger partial charge in [0.25, 0.3) is 15.9 Å². The van der Waals surface area contributed by atoms with E-state index in [0.29, 0.717) is 12.3 Å². The van der Waals surface area contributed by atoms with Crippen molar-refractivity contribution in [2.24, 2.45) is 0 Å². The molecule has 0 aliphatic heterocycles. The molecule has 2 N–H and O–H groups in total. The highest BCUT2D eigenvalue weighted by Crippen LogP contribution is 2.21. The largest absolute Gasteiger partial charge is 0.497 e. The lowest BCUT2D eigenvalue weighted by atomic mass is 10.1. The number of para-hydroxylation sites is 1. The van der Waals surface area contributed by atoms with Crippen LogP contribution in [0.4, 0.5) is 5.69 Å². The fourth-order valence-electron chi connectivity index (χ4n) is 1.99. The molecule has 2 aromatic rings. The van der Waals surface area contributed by atoms with Crippen molar-refractivity contribution < 1.29 is 17.9 Å². The Bertz CT molecular complexity index is 830. The third kappa shape index (κ3) is 4.14. The minimum absolute atomic E-state index is 0.0737. The van der Waals surface area contributed by atoms with Gasteiger partial charge in [-0.05, 0) is 36.4 Å². The topological polar surface area (TPSA) is 84.5 Å². The Morgan fingerprint density at radius 1 is 1.17 bits per heavy atom. The highest BCUT2D eigenvalue weighted by molar-refractivity contribution is 7.92. The number of carbonyl (C=O) groups excluding carboxylic acids is 1. The second-order valence-corrected chi connectivity index (χ2v) is 6.51. The molecule has 2 rings (SSSR count). The zero-order valence-corrected chi connectivity index (χ0v) is 14.0. The number of ether oxygens (including phenoxy) is 1. The lowest BCUT2D eigenvalue weighted by molar-refractivity contribution is 0.0959. The summed E-state index contributed by atoms with van der Waals surface area (Å²) in [5, 5.41) is 2.62. The normalized spacial score (nSPS) is 10.7. The Labute approximate surface area is 141 Å². The predicted octanol–water partition coefficient (Wildman–Crippen LogP) is 2.41. The first kappa shape index (κ1) is 17.6. The van der Waals surface area contributed by atoms with Crippen LogP contribution in [0.5, 0.6) is 5.75 Å². The third-order valence-electron chi connectivity index (χ3n) is 3.19. The van der Waals surface area contributed by atoms with Gasteiger partial charge < -0.3 is 10.1 Å². The van der Waals surface area contributed by atoms with Gasteiger partial charge in [-0.2, -0.15) is 0 Å². The minimum Gasteiger partial charge on any atom is -0.497 e. The smallest absolute Gasteiger partial charge is 0.261 e. The number of benzene rings is 2. The summed E-state index contributed by atoms with van der Waals surface area (Å²) in [6, 6.07) is 12.4. The number of nitrogens with one attached hydrogen (secondary N) is 2. The number of sulfonamides is 1. The van der Waals surface area contributed by atoms with Crippen LogP contribution in [-0.4, -0.2) is 28.0 Å². The molecule has 24 heavy (non-hydrogen) atoms. The van der Waals surface area contributed by atoms with Crippen LogP contribution in [0, 0.1) is 0 Å². The van der Waals surface area contributed by atoms with Crippen LogP contribution >= 0.6 is 0 Å². The lowest BCUT2D eigenvalue weighted by Gasteiger charge is -2.12. The van der Waals surface area contributed by atoms with E-state index in [2.05, 4.69) is 16.6 Å². The monoisotopic (exact) mass is 346 g/mol. The molecule has 0 saturated carbocycles. The molecule has 0 spiro atoms. The van der Waals surface area contributed by atoms with Crippen LogP contribution in [-0.2, 0) is 10.0 Å². The molecule has 126 valence electrons. The van der Waals surface area contributed by atoms with Crippen molar-refractivity contribution in [2.45, 2.75) is 4.90 Å². The summed E-state index contributed by atoms with van der Waals surface area (Å²) in [6.45, 7) is 3.82. The molecule has 0 radical (unpaired) electrons. The molecule has 0 aliphatic carbocycles. The third-order valence-corrected chi connectivity index (χ3v) is 4.57. The van der Waals surface area contributed by atoms with Crippen LogP contribution in [0.2, 0.25) is 0 Å². The summed E-state index contributed by atoms with van der Waals surface area (Å²) in [5.41, 5.74) is 0.436. The molecule has 0 bridgehead atoms. The van der Waals surface area contributed by atoms with Crippen molar-refractivity contribution in [3.05, 3.63) is 66.7 Å². The van der Waals surface area contributed by atoms with Crippen molar-refractivity contribution in [1.82, 2.24) is 5.32 Å². The number of hydrogen-bond acceptors (Lipinski definition) is 4. The number of carbonyl (C=O) groups is 1. The van der Waals surface area contributed by atoms with E-state index in [4.69, 9.17) is 4.74 Å². The molecule has 2 aromatic carbocycles. The molecule has 1 amide bonds. The van der Waals surface area contributed by atoms with Gasteiger partial charge in [-0.1, -0.05) is 18.2 Å². The van der Waals surface area contributed by atoms with Gasteiger partial charge in [0.05, 0.1) is 23.3 Å². The quantitative estimate of drug-likeness (QED) is 0.754. The molecule has 0 unspecified atom stereocenters. The van der Waals surface area contributed by atoms with Gasteiger partial charge >= 0.3 is 0 Å². The maximum Gasteiger partial charge on any atom is 0.261 e. The molecule has 7 heteroatoms. The maximum atomic E-state index is 12.5. The molecule has 0 aromatic heterocycles. The van der Waals surface area contributed by atoms with E-state index in [9.17, 15) is 13.2 Å². The fraction of sp³-hybridized carbons (Fsp3) is 0.118. The van der Waals surface area contributed by atoms with Gasteiger partial charge in [0.15, 0.2) is 0 Å². The summed E-state index contributed by atoms with van der Waals surface area (Å²) in [6.07, 6.45) is 1.54. The highest BCUT2D eigenvalue weighted by Gasteiger charge is 2.18. The van der Waals surface area contributed by atoms with Crippen molar-refractivity contribution in [3.63, 3.8) is 0 Å². The van der Waals surface area contributed by atoms with Gasteiger partial charge in [0, 0.05) is 6.54 Å². The van der Waals surface area contributed by atoms with E-state index < -0.39 is 10.0 Å². The number of methoxy groups -OCH3 is 1. The molecule has 0 fully saturated rings. The Morgan fingerprint density at radius 2 is 1.83 bits per heavy atom. The SMILES string of the molecule is C=CCNC(=O)c1ccccc1NS(=O)(=O)c1ccc(OC)cc1. The first-order valence-corrected chi connectivity index (χ1v) is 8.61. The average Bonchev–Trinajstić information content (AvgIpc) is 2.60. The summed E-state index contributed by atoms with van der Waals surface area (Å²) < 4.78 is 32.4. The molecule has 0 atom stereocenters. The summed E-state index contributed by atoms with van der Waals surface area (Å²) in [5.74, 6) is 0.168. The first-order chi connectivity index (χ1) is 11.5. The average molecular weight is 346 g/mol. The predicted molar refractivity (Wildman–Crippen MR) is 92.8 cm³/mol.